The van der Waals surface area contributed by atoms with Crippen molar-refractivity contribution in [3.8, 4) is 11.3 Å². The lowest BCUT2D eigenvalue weighted by Crippen LogP contribution is -2.02. The van der Waals surface area contributed by atoms with Crippen molar-refractivity contribution >= 4 is 22.8 Å². The number of aromatic nitrogens is 4. The third-order valence-electron chi connectivity index (χ3n) is 3.93. The number of imidazole rings is 1. The normalized spacial score (nSPS) is 11.2. The van der Waals surface area contributed by atoms with Crippen LogP contribution in [-0.2, 0) is 6.54 Å². The lowest BCUT2D eigenvalue weighted by molar-refractivity contribution is 0.599. The maximum Gasteiger partial charge on any atom is 0.160 e. The summed E-state index contributed by atoms with van der Waals surface area (Å²) in [6.07, 6.45) is 3.53. The first-order valence-electron chi connectivity index (χ1n) is 7.95. The topological polar surface area (TPSA) is 95.6 Å². The van der Waals surface area contributed by atoms with Gasteiger partial charge in [-0.25, -0.2) is 15.0 Å². The van der Waals surface area contributed by atoms with Gasteiger partial charge in [0.2, 0.25) is 0 Å². The number of fused-ring (bicyclic) bond motifs is 1. The van der Waals surface area contributed by atoms with E-state index in [-0.39, 0.29) is 0 Å². The second-order valence-corrected chi connectivity index (χ2v) is 5.76. The molecule has 0 atom stereocenters. The van der Waals surface area contributed by atoms with Gasteiger partial charge < -0.3 is 16.0 Å². The van der Waals surface area contributed by atoms with Crippen molar-refractivity contribution in [1.82, 2.24) is 19.5 Å². The molecule has 0 aliphatic carbocycles. The molecule has 0 aromatic carbocycles. The van der Waals surface area contributed by atoms with Gasteiger partial charge in [-0.3, -0.25) is 0 Å². The molecule has 0 spiro atoms. The van der Waals surface area contributed by atoms with Crippen LogP contribution in [0.15, 0.2) is 24.3 Å². The van der Waals surface area contributed by atoms with Crippen LogP contribution in [0.4, 0.5) is 11.6 Å². The van der Waals surface area contributed by atoms with Crippen LogP contribution in [0.5, 0.6) is 0 Å². The molecule has 0 aliphatic rings. The quantitative estimate of drug-likeness (QED) is 0.706. The van der Waals surface area contributed by atoms with Crippen LogP contribution in [0.25, 0.3) is 22.4 Å². The molecule has 6 heteroatoms. The first-order valence-corrected chi connectivity index (χ1v) is 7.95. The van der Waals surface area contributed by atoms with E-state index in [9.17, 15) is 0 Å². The molecule has 0 fully saturated rings. The minimum Gasteiger partial charge on any atom is -0.384 e. The van der Waals surface area contributed by atoms with E-state index in [0.29, 0.717) is 11.6 Å². The van der Waals surface area contributed by atoms with Crippen LogP contribution in [-0.4, -0.2) is 19.5 Å². The Bertz CT molecular complexity index is 816. The molecule has 3 heterocycles. The Morgan fingerprint density at radius 2 is 1.74 bits per heavy atom. The van der Waals surface area contributed by atoms with E-state index >= 15 is 0 Å². The van der Waals surface area contributed by atoms with Crippen LogP contribution in [0.1, 0.15) is 32.0 Å². The van der Waals surface area contributed by atoms with Crippen LogP contribution in [0.2, 0.25) is 0 Å². The van der Waals surface area contributed by atoms with E-state index in [1.807, 2.05) is 19.1 Å². The van der Waals surface area contributed by atoms with Gasteiger partial charge in [0.1, 0.15) is 23.0 Å². The third-order valence-corrected chi connectivity index (χ3v) is 3.93. The summed E-state index contributed by atoms with van der Waals surface area (Å²) in [6, 6.07) is 7.51. The molecule has 0 radical (unpaired) electrons. The van der Waals surface area contributed by atoms with Gasteiger partial charge in [0, 0.05) is 12.1 Å². The summed E-state index contributed by atoms with van der Waals surface area (Å²) < 4.78 is 2.18. The third kappa shape index (κ3) is 3.11. The fraction of sp³-hybridized carbons (Fsp3) is 0.353. The van der Waals surface area contributed by atoms with Crippen LogP contribution in [0, 0.1) is 6.92 Å². The Morgan fingerprint density at radius 3 is 2.43 bits per heavy atom. The molecule has 6 nitrogen and oxygen atoms in total. The van der Waals surface area contributed by atoms with Gasteiger partial charge in [-0.05, 0) is 37.6 Å². The maximum absolute atomic E-state index is 5.79. The minimum atomic E-state index is 0.398. The maximum atomic E-state index is 5.79. The highest BCUT2D eigenvalue weighted by atomic mass is 15.1. The van der Waals surface area contributed by atoms with E-state index in [4.69, 9.17) is 16.5 Å². The Labute approximate surface area is 135 Å². The predicted molar refractivity (Wildman–Crippen MR) is 93.8 cm³/mol. The fourth-order valence-electron chi connectivity index (χ4n) is 2.79. The number of hydrogen-bond donors (Lipinski definition) is 2. The molecule has 0 unspecified atom stereocenters. The highest BCUT2D eigenvalue weighted by Crippen LogP contribution is 2.24. The number of anilines is 2. The average molecular weight is 310 g/mol. The second kappa shape index (κ2) is 6.24. The zero-order chi connectivity index (χ0) is 16.4. The average Bonchev–Trinajstić information content (AvgIpc) is 2.82. The molecule has 120 valence electrons. The Morgan fingerprint density at radius 1 is 1.00 bits per heavy atom. The van der Waals surface area contributed by atoms with Crippen LogP contribution in [0.3, 0.4) is 0 Å². The number of pyridine rings is 2. The molecular weight excluding hydrogens is 288 g/mol. The molecule has 3 aromatic heterocycles. The van der Waals surface area contributed by atoms with Gasteiger partial charge in [0.05, 0.1) is 5.69 Å². The molecule has 0 amide bonds. The van der Waals surface area contributed by atoms with Gasteiger partial charge in [0.15, 0.2) is 5.65 Å². The van der Waals surface area contributed by atoms with Crippen molar-refractivity contribution in [3.05, 3.63) is 30.1 Å². The monoisotopic (exact) mass is 310 g/mol. The molecule has 3 aromatic rings. The molecule has 3 rings (SSSR count). The minimum absolute atomic E-state index is 0.398. The standard InChI is InChI=1S/C17H22N6/c1-3-4-5-8-23-11(2)20-14-7-6-13(21-17(14)23)12-9-15(18)22-16(19)10-12/h6-7,9-10H,3-5,8H2,1-2H3,(H4,18,19,22). The Balaban J connectivity index is 2.04. The zero-order valence-electron chi connectivity index (χ0n) is 13.6. The largest absolute Gasteiger partial charge is 0.384 e. The number of nitrogen functional groups attached to an aromatic ring is 2. The van der Waals surface area contributed by atoms with Crippen molar-refractivity contribution in [1.29, 1.82) is 0 Å². The fourth-order valence-corrected chi connectivity index (χ4v) is 2.79. The summed E-state index contributed by atoms with van der Waals surface area (Å²) in [6.45, 7) is 5.16. The highest BCUT2D eigenvalue weighted by Gasteiger charge is 2.11. The van der Waals surface area contributed by atoms with Crippen molar-refractivity contribution in [2.45, 2.75) is 39.7 Å². The Kier molecular flexibility index (Phi) is 4.14. The lowest BCUT2D eigenvalue weighted by Gasteiger charge is -2.07. The Hall–Kier alpha value is -2.63. The summed E-state index contributed by atoms with van der Waals surface area (Å²) >= 11 is 0. The highest BCUT2D eigenvalue weighted by molar-refractivity contribution is 5.77. The SMILES string of the molecule is CCCCCn1c(C)nc2ccc(-c3cc(N)nc(N)c3)nc21. The number of nitrogens with two attached hydrogens (primary N) is 2. The van der Waals surface area contributed by atoms with E-state index in [1.54, 1.807) is 12.1 Å². The molecule has 0 saturated carbocycles. The number of unbranched alkanes of at least 4 members (excludes halogenated alkanes) is 2. The first-order chi connectivity index (χ1) is 11.1. The van der Waals surface area contributed by atoms with E-state index in [0.717, 1.165) is 41.2 Å². The smallest absolute Gasteiger partial charge is 0.160 e. The van der Waals surface area contributed by atoms with Crippen molar-refractivity contribution in [2.75, 3.05) is 11.5 Å². The van der Waals surface area contributed by atoms with Crippen molar-refractivity contribution < 1.29 is 0 Å². The molecular formula is C17H22N6. The van der Waals surface area contributed by atoms with E-state index in [1.165, 1.54) is 12.8 Å². The van der Waals surface area contributed by atoms with Crippen LogP contribution >= 0.6 is 0 Å². The summed E-state index contributed by atoms with van der Waals surface area (Å²) in [4.78, 5) is 13.4. The molecule has 0 saturated heterocycles. The number of rotatable bonds is 5. The summed E-state index contributed by atoms with van der Waals surface area (Å²) in [5.41, 5.74) is 15.1. The molecule has 23 heavy (non-hydrogen) atoms. The second-order valence-electron chi connectivity index (χ2n) is 5.76. The van der Waals surface area contributed by atoms with Crippen LogP contribution < -0.4 is 11.5 Å². The number of nitrogens with zero attached hydrogens (tertiary/aromatic N) is 4. The summed E-state index contributed by atoms with van der Waals surface area (Å²) in [5.74, 6) is 1.79. The number of hydrogen-bond acceptors (Lipinski definition) is 5. The first kappa shape index (κ1) is 15.3. The van der Waals surface area contributed by atoms with E-state index in [2.05, 4.69) is 21.5 Å². The molecule has 4 N–H and O–H groups in total. The van der Waals surface area contributed by atoms with Gasteiger partial charge in [-0.15, -0.1) is 0 Å². The summed E-state index contributed by atoms with van der Waals surface area (Å²) in [5, 5.41) is 0. The van der Waals surface area contributed by atoms with Gasteiger partial charge >= 0.3 is 0 Å². The summed E-state index contributed by atoms with van der Waals surface area (Å²) in [7, 11) is 0. The zero-order valence-corrected chi connectivity index (χ0v) is 13.6. The van der Waals surface area contributed by atoms with Crippen molar-refractivity contribution in [3.63, 3.8) is 0 Å². The van der Waals surface area contributed by atoms with Gasteiger partial charge in [0.25, 0.3) is 0 Å². The number of aryl methyl sites for hydroxylation is 2. The van der Waals surface area contributed by atoms with Gasteiger partial charge in [-0.1, -0.05) is 19.8 Å². The predicted octanol–water partition coefficient (Wildman–Crippen LogP) is 3.16. The van der Waals surface area contributed by atoms with Crippen molar-refractivity contribution in [2.24, 2.45) is 0 Å². The molecule has 0 aliphatic heterocycles. The lowest BCUT2D eigenvalue weighted by atomic mass is 10.1. The van der Waals surface area contributed by atoms with Gasteiger partial charge in [-0.2, -0.15) is 0 Å². The molecule has 0 bridgehead atoms. The van der Waals surface area contributed by atoms with E-state index < -0.39 is 0 Å².